The lowest BCUT2D eigenvalue weighted by molar-refractivity contribution is 0.0689. The van der Waals surface area contributed by atoms with Crippen LogP contribution in [-0.4, -0.2) is 43.8 Å². The van der Waals surface area contributed by atoms with E-state index in [0.29, 0.717) is 22.9 Å². The van der Waals surface area contributed by atoms with Crippen molar-refractivity contribution in [3.05, 3.63) is 35.4 Å². The summed E-state index contributed by atoms with van der Waals surface area (Å²) in [6, 6.07) is 2.55. The molecule has 0 saturated carbocycles. The maximum absolute atomic E-state index is 13.7. The lowest BCUT2D eigenvalue weighted by atomic mass is 9.67. The maximum Gasteiger partial charge on any atom is 0.527 e. The number of thioether (sulfide) groups is 1. The molecule has 4 N–H and O–H groups in total. The number of nitrogens with zero attached hydrogens (tertiary/aromatic N) is 3. The van der Waals surface area contributed by atoms with Gasteiger partial charge in [-0.25, -0.2) is 13.9 Å². The van der Waals surface area contributed by atoms with Crippen molar-refractivity contribution in [2.75, 3.05) is 11.6 Å². The number of aromatic nitrogens is 3. The molecule has 1 aromatic heterocycles. The van der Waals surface area contributed by atoms with Crippen LogP contribution in [0.4, 0.5) is 4.39 Å². The summed E-state index contributed by atoms with van der Waals surface area (Å²) in [5, 5.41) is 27.1. The average Bonchev–Trinajstić information content (AvgIpc) is 2.90. The van der Waals surface area contributed by atoms with Crippen LogP contribution < -0.4 is 10.5 Å². The number of rotatable bonds is 4. The van der Waals surface area contributed by atoms with Gasteiger partial charge in [0.25, 0.3) is 0 Å². The fourth-order valence-corrected chi connectivity index (χ4v) is 3.30. The molecule has 1 aliphatic rings. The minimum atomic E-state index is -1.43. The number of fused-ring (bicyclic) bond motifs is 1. The number of carboxylic acid groups (broad SMARTS) is 1. The predicted octanol–water partition coefficient (Wildman–Crippen LogP) is 0.407. The summed E-state index contributed by atoms with van der Waals surface area (Å²) in [5.41, 5.74) is -0.0248. The van der Waals surface area contributed by atoms with Gasteiger partial charge in [0, 0.05) is 11.6 Å². The van der Waals surface area contributed by atoms with Crippen LogP contribution in [0.5, 0.6) is 5.75 Å². The average molecular weight is 338 g/mol. The summed E-state index contributed by atoms with van der Waals surface area (Å²) in [6.07, 6.45) is 1.70. The van der Waals surface area contributed by atoms with Gasteiger partial charge in [0.05, 0.1) is 0 Å². The molecule has 1 aromatic carbocycles. The Labute approximate surface area is 134 Å². The summed E-state index contributed by atoms with van der Waals surface area (Å²) in [7, 11) is -1.25. The summed E-state index contributed by atoms with van der Waals surface area (Å²) < 4.78 is 20.2. The third-order valence-corrected chi connectivity index (χ3v) is 4.64. The number of nitrogens with two attached hydrogens (primary N) is 1. The Hall–Kier alpha value is -2.27. The quantitative estimate of drug-likeness (QED) is 0.416. The van der Waals surface area contributed by atoms with Crippen LogP contribution in [-0.2, 0) is 6.42 Å². The summed E-state index contributed by atoms with van der Waals surface area (Å²) in [6.45, 7) is 0. The smallest absolute Gasteiger partial charge is 0.527 e. The van der Waals surface area contributed by atoms with E-state index < -0.39 is 24.5 Å². The van der Waals surface area contributed by atoms with Crippen LogP contribution in [0, 0.1) is 5.82 Å². The molecule has 120 valence electrons. The molecule has 0 amide bonds. The molecule has 0 bridgehead atoms. The second kappa shape index (κ2) is 6.09. The molecular weight excluding hydrogens is 326 g/mol. The first kappa shape index (κ1) is 15.6. The Balaban J connectivity index is 1.80. The maximum atomic E-state index is 13.7. The van der Waals surface area contributed by atoms with E-state index in [2.05, 4.69) is 10.2 Å². The summed E-state index contributed by atoms with van der Waals surface area (Å²) in [4.78, 5) is 11.2. The first-order valence-electron chi connectivity index (χ1n) is 6.64. The van der Waals surface area contributed by atoms with Crippen molar-refractivity contribution in [2.45, 2.75) is 17.4 Å². The third-order valence-electron chi connectivity index (χ3n) is 3.49. The first-order chi connectivity index (χ1) is 11.0. The Morgan fingerprint density at radius 3 is 3.04 bits per heavy atom. The fraction of sp³-hybridized carbons (Fsp3) is 0.250. The fourth-order valence-electron chi connectivity index (χ4n) is 2.35. The molecule has 2 aromatic rings. The van der Waals surface area contributed by atoms with Gasteiger partial charge in [-0.1, -0.05) is 17.8 Å². The molecule has 2 heterocycles. The van der Waals surface area contributed by atoms with Crippen molar-refractivity contribution in [2.24, 2.45) is 0 Å². The number of hydrogen-bond donors (Lipinski definition) is 3. The number of halogens is 1. The van der Waals surface area contributed by atoms with E-state index >= 15 is 0 Å². The molecule has 23 heavy (non-hydrogen) atoms. The monoisotopic (exact) mass is 338 g/mol. The third kappa shape index (κ3) is 2.97. The van der Waals surface area contributed by atoms with Gasteiger partial charge in [-0.2, -0.15) is 0 Å². The molecule has 0 fully saturated rings. The van der Waals surface area contributed by atoms with Gasteiger partial charge < -0.3 is 20.6 Å². The Kier molecular flexibility index (Phi) is 4.13. The van der Waals surface area contributed by atoms with Crippen molar-refractivity contribution in [1.82, 2.24) is 14.9 Å². The Bertz CT molecular complexity index is 759. The Morgan fingerprint density at radius 2 is 2.39 bits per heavy atom. The van der Waals surface area contributed by atoms with E-state index in [1.807, 2.05) is 0 Å². The minimum Gasteiger partial charge on any atom is -0.535 e. The molecule has 0 aliphatic carbocycles. The Morgan fingerprint density at radius 1 is 1.61 bits per heavy atom. The van der Waals surface area contributed by atoms with Gasteiger partial charge in [0.1, 0.15) is 23.5 Å². The molecule has 8 nitrogen and oxygen atoms in total. The van der Waals surface area contributed by atoms with Crippen LogP contribution in [0.3, 0.4) is 0 Å². The van der Waals surface area contributed by atoms with Crippen LogP contribution in [0.1, 0.15) is 15.9 Å². The molecule has 1 atom stereocenters. The highest BCUT2D eigenvalue weighted by Crippen LogP contribution is 2.37. The zero-order valence-electron chi connectivity index (χ0n) is 11.7. The standard InChI is InChI=1S/C12H12BFN4O4S/c14-8-2-1-6-3-7(4-23-12-17-16-5-18(12)15)13(21)22-10(6)9(8)11(19)20/h1-2,5,7,21H,3-4,15H2,(H,19,20)/t7-/m1/s1. The molecule has 0 unspecified atom stereocenters. The zero-order chi connectivity index (χ0) is 16.6. The largest absolute Gasteiger partial charge is 0.535 e. The van der Waals surface area contributed by atoms with E-state index in [0.717, 1.165) is 6.07 Å². The predicted molar refractivity (Wildman–Crippen MR) is 80.3 cm³/mol. The van der Waals surface area contributed by atoms with Crippen molar-refractivity contribution in [1.29, 1.82) is 0 Å². The van der Waals surface area contributed by atoms with Crippen LogP contribution in [0.2, 0.25) is 5.82 Å². The van der Waals surface area contributed by atoms with Gasteiger partial charge in [0.15, 0.2) is 0 Å². The number of nitrogen functional groups attached to an aromatic ring is 1. The number of aromatic carboxylic acids is 1. The van der Waals surface area contributed by atoms with E-state index in [9.17, 15) is 14.2 Å². The molecule has 0 spiro atoms. The molecule has 1 aliphatic heterocycles. The van der Waals surface area contributed by atoms with E-state index in [1.54, 1.807) is 0 Å². The highest BCUT2D eigenvalue weighted by atomic mass is 32.2. The molecule has 3 rings (SSSR count). The van der Waals surface area contributed by atoms with Gasteiger partial charge in [-0.15, -0.1) is 10.2 Å². The first-order valence-corrected chi connectivity index (χ1v) is 7.63. The molecule has 11 heteroatoms. The van der Waals surface area contributed by atoms with Crippen LogP contribution >= 0.6 is 11.8 Å². The zero-order valence-corrected chi connectivity index (χ0v) is 12.5. The van der Waals surface area contributed by atoms with Gasteiger partial charge in [0.2, 0.25) is 5.16 Å². The summed E-state index contributed by atoms with van der Waals surface area (Å²) >= 11 is 1.29. The topological polar surface area (TPSA) is 123 Å². The van der Waals surface area contributed by atoms with Gasteiger partial charge in [-0.05, 0) is 18.1 Å². The van der Waals surface area contributed by atoms with Crippen LogP contribution in [0.15, 0.2) is 23.6 Å². The lowest BCUT2D eigenvalue weighted by Gasteiger charge is -2.28. The minimum absolute atomic E-state index is 0.117. The second-order valence-corrected chi connectivity index (χ2v) is 6.01. The molecular formula is C12H12BFN4O4S. The van der Waals surface area contributed by atoms with Crippen LogP contribution in [0.25, 0.3) is 0 Å². The SMILES string of the molecule is Nn1cnnc1SC[C@H]1Cc2ccc(F)c(C(=O)O)c2OB1O. The lowest BCUT2D eigenvalue weighted by Crippen LogP contribution is -2.36. The van der Waals surface area contributed by atoms with E-state index in [4.69, 9.17) is 15.6 Å². The number of benzene rings is 1. The van der Waals surface area contributed by atoms with Crippen molar-refractivity contribution in [3.8, 4) is 5.75 Å². The van der Waals surface area contributed by atoms with Crippen molar-refractivity contribution >= 4 is 24.8 Å². The van der Waals surface area contributed by atoms with Crippen molar-refractivity contribution in [3.63, 3.8) is 0 Å². The van der Waals surface area contributed by atoms with E-state index in [1.165, 1.54) is 28.8 Å². The van der Waals surface area contributed by atoms with Gasteiger partial charge >= 0.3 is 13.1 Å². The van der Waals surface area contributed by atoms with Crippen molar-refractivity contribution < 1.29 is 24.0 Å². The number of hydrogen-bond acceptors (Lipinski definition) is 7. The highest BCUT2D eigenvalue weighted by molar-refractivity contribution is 7.99. The number of carboxylic acids is 1. The van der Waals surface area contributed by atoms with E-state index in [-0.39, 0.29) is 11.6 Å². The number of carbonyl (C=O) groups is 1. The summed E-state index contributed by atoms with van der Waals surface area (Å²) in [5.74, 6) is 3.26. The van der Waals surface area contributed by atoms with Gasteiger partial charge in [-0.3, -0.25) is 0 Å². The second-order valence-electron chi connectivity index (χ2n) is 5.02. The molecule has 0 radical (unpaired) electrons. The highest BCUT2D eigenvalue weighted by Gasteiger charge is 2.37. The molecule has 0 saturated heterocycles. The normalized spacial score (nSPS) is 16.8.